The molecule has 90 valence electrons. The number of amides is 1. The third kappa shape index (κ3) is 1.79. The lowest BCUT2D eigenvalue weighted by atomic mass is 9.89. The molecule has 0 spiro atoms. The highest BCUT2D eigenvalue weighted by atomic mass is 16.2. The van der Waals surface area contributed by atoms with Crippen LogP contribution in [0.4, 0.5) is 5.69 Å². The molecule has 1 amide bonds. The number of fused-ring (bicyclic) bond motifs is 1. The molecule has 1 fully saturated rings. The van der Waals surface area contributed by atoms with Crippen LogP contribution in [0.2, 0.25) is 0 Å². The Morgan fingerprint density at radius 1 is 1.41 bits per heavy atom. The fourth-order valence-electron chi connectivity index (χ4n) is 2.99. The van der Waals surface area contributed by atoms with Crippen LogP contribution < -0.4 is 5.32 Å². The maximum absolute atomic E-state index is 11.6. The van der Waals surface area contributed by atoms with Gasteiger partial charge in [0.2, 0.25) is 5.91 Å². The minimum Gasteiger partial charge on any atom is -0.385 e. The van der Waals surface area contributed by atoms with Crippen LogP contribution in [0.3, 0.4) is 0 Å². The Hall–Kier alpha value is -1.51. The second kappa shape index (κ2) is 4.06. The van der Waals surface area contributed by atoms with Gasteiger partial charge in [0.1, 0.15) is 0 Å². The standard InChI is InChI=1S/C14H18N2O/c1-16-9-10(8-14(16)17)11-4-2-6-13-12(11)5-3-7-15-13/h2,4,6,10,15H,3,5,7-9H2,1H3. The number of rotatable bonds is 1. The number of nitrogens with zero attached hydrogens (tertiary/aromatic N) is 1. The zero-order valence-electron chi connectivity index (χ0n) is 10.2. The summed E-state index contributed by atoms with van der Waals surface area (Å²) >= 11 is 0. The molecular formula is C14H18N2O. The lowest BCUT2D eigenvalue weighted by Crippen LogP contribution is -2.19. The lowest BCUT2D eigenvalue weighted by Gasteiger charge is -2.23. The topological polar surface area (TPSA) is 32.3 Å². The summed E-state index contributed by atoms with van der Waals surface area (Å²) in [6.07, 6.45) is 3.01. The second-order valence-corrected chi connectivity index (χ2v) is 5.08. The van der Waals surface area contributed by atoms with E-state index in [9.17, 15) is 4.79 Å². The maximum atomic E-state index is 11.6. The van der Waals surface area contributed by atoms with Gasteiger partial charge in [-0.05, 0) is 30.0 Å². The van der Waals surface area contributed by atoms with Gasteiger partial charge in [-0.15, -0.1) is 0 Å². The van der Waals surface area contributed by atoms with Gasteiger partial charge in [-0.25, -0.2) is 0 Å². The molecule has 1 atom stereocenters. The molecule has 0 saturated carbocycles. The highest BCUT2D eigenvalue weighted by Crippen LogP contribution is 2.34. The normalized spacial score (nSPS) is 23.5. The molecule has 1 N–H and O–H groups in total. The molecule has 2 heterocycles. The smallest absolute Gasteiger partial charge is 0.223 e. The minimum atomic E-state index is 0.274. The molecule has 17 heavy (non-hydrogen) atoms. The number of benzene rings is 1. The van der Waals surface area contributed by atoms with Crippen molar-refractivity contribution in [1.29, 1.82) is 0 Å². The van der Waals surface area contributed by atoms with Crippen LogP contribution in [0.1, 0.15) is 29.9 Å². The van der Waals surface area contributed by atoms with Gasteiger partial charge >= 0.3 is 0 Å². The molecule has 1 aromatic carbocycles. The molecule has 3 nitrogen and oxygen atoms in total. The Morgan fingerprint density at radius 2 is 2.29 bits per heavy atom. The number of hydrogen-bond acceptors (Lipinski definition) is 2. The van der Waals surface area contributed by atoms with E-state index in [4.69, 9.17) is 0 Å². The molecule has 0 bridgehead atoms. The third-order valence-electron chi connectivity index (χ3n) is 3.91. The summed E-state index contributed by atoms with van der Waals surface area (Å²) in [5.74, 6) is 0.665. The summed E-state index contributed by atoms with van der Waals surface area (Å²) in [6.45, 7) is 1.94. The fourth-order valence-corrected chi connectivity index (χ4v) is 2.99. The fraction of sp³-hybridized carbons (Fsp3) is 0.500. The maximum Gasteiger partial charge on any atom is 0.223 e. The molecule has 1 saturated heterocycles. The van der Waals surface area contributed by atoms with Crippen molar-refractivity contribution >= 4 is 11.6 Å². The Balaban J connectivity index is 1.95. The van der Waals surface area contributed by atoms with E-state index in [1.54, 1.807) is 0 Å². The Labute approximate surface area is 102 Å². The first-order valence-electron chi connectivity index (χ1n) is 6.35. The largest absolute Gasteiger partial charge is 0.385 e. The van der Waals surface area contributed by atoms with Crippen molar-refractivity contribution in [3.8, 4) is 0 Å². The second-order valence-electron chi connectivity index (χ2n) is 5.08. The van der Waals surface area contributed by atoms with E-state index in [1.807, 2.05) is 11.9 Å². The van der Waals surface area contributed by atoms with Gasteiger partial charge < -0.3 is 10.2 Å². The van der Waals surface area contributed by atoms with Crippen LogP contribution in [-0.2, 0) is 11.2 Å². The highest BCUT2D eigenvalue weighted by Gasteiger charge is 2.30. The van der Waals surface area contributed by atoms with Crippen LogP contribution in [0.5, 0.6) is 0 Å². The summed E-state index contributed by atoms with van der Waals surface area (Å²) in [7, 11) is 1.90. The van der Waals surface area contributed by atoms with Gasteiger partial charge in [-0.1, -0.05) is 12.1 Å². The van der Waals surface area contributed by atoms with Crippen LogP contribution in [0.15, 0.2) is 18.2 Å². The summed E-state index contributed by atoms with van der Waals surface area (Å²) in [6, 6.07) is 6.46. The third-order valence-corrected chi connectivity index (χ3v) is 3.91. The lowest BCUT2D eigenvalue weighted by molar-refractivity contribution is -0.126. The summed E-state index contributed by atoms with van der Waals surface area (Å²) in [5, 5.41) is 3.45. The Bertz CT molecular complexity index is 456. The quantitative estimate of drug-likeness (QED) is 0.800. The van der Waals surface area contributed by atoms with Crippen molar-refractivity contribution in [3.05, 3.63) is 29.3 Å². The van der Waals surface area contributed by atoms with Crippen molar-refractivity contribution in [1.82, 2.24) is 4.90 Å². The van der Waals surface area contributed by atoms with Crippen molar-refractivity contribution < 1.29 is 4.79 Å². The minimum absolute atomic E-state index is 0.274. The summed E-state index contributed by atoms with van der Waals surface area (Å²) < 4.78 is 0. The first kappa shape index (κ1) is 10.6. The van der Waals surface area contributed by atoms with Gasteiger partial charge in [0.15, 0.2) is 0 Å². The predicted octanol–water partition coefficient (Wildman–Crippen LogP) is 1.99. The highest BCUT2D eigenvalue weighted by molar-refractivity contribution is 5.79. The molecule has 0 aromatic heterocycles. The number of anilines is 1. The molecule has 2 aliphatic rings. The van der Waals surface area contributed by atoms with Crippen LogP contribution >= 0.6 is 0 Å². The number of carbonyl (C=O) groups is 1. The number of likely N-dealkylation sites (tertiary alicyclic amines) is 1. The van der Waals surface area contributed by atoms with Crippen LogP contribution in [0.25, 0.3) is 0 Å². The number of nitrogens with one attached hydrogen (secondary N) is 1. The van der Waals surface area contributed by atoms with E-state index in [0.717, 1.165) is 19.5 Å². The molecule has 0 aliphatic carbocycles. The van der Waals surface area contributed by atoms with Crippen molar-refractivity contribution in [2.24, 2.45) is 0 Å². The average molecular weight is 230 g/mol. The number of carbonyl (C=O) groups excluding carboxylic acids is 1. The first-order chi connectivity index (χ1) is 8.25. The van der Waals surface area contributed by atoms with E-state index < -0.39 is 0 Å². The zero-order chi connectivity index (χ0) is 11.8. The molecule has 2 aliphatic heterocycles. The predicted molar refractivity (Wildman–Crippen MR) is 68.2 cm³/mol. The monoisotopic (exact) mass is 230 g/mol. The molecule has 1 aromatic rings. The number of likely N-dealkylation sites (N-methyl/N-ethyl adjacent to an activating group) is 1. The molecular weight excluding hydrogens is 212 g/mol. The summed E-state index contributed by atoms with van der Waals surface area (Å²) in [4.78, 5) is 13.5. The van der Waals surface area contributed by atoms with Gasteiger partial charge in [0, 0.05) is 38.2 Å². The van der Waals surface area contributed by atoms with E-state index in [0.29, 0.717) is 12.3 Å². The van der Waals surface area contributed by atoms with Crippen LogP contribution in [0, 0.1) is 0 Å². The van der Waals surface area contributed by atoms with Gasteiger partial charge in [-0.2, -0.15) is 0 Å². The Morgan fingerprint density at radius 3 is 3.06 bits per heavy atom. The summed E-state index contributed by atoms with van der Waals surface area (Å²) in [5.41, 5.74) is 4.09. The van der Waals surface area contributed by atoms with Crippen molar-refractivity contribution in [3.63, 3.8) is 0 Å². The van der Waals surface area contributed by atoms with E-state index in [1.165, 1.54) is 23.2 Å². The first-order valence-corrected chi connectivity index (χ1v) is 6.35. The van der Waals surface area contributed by atoms with Crippen LogP contribution in [-0.4, -0.2) is 30.9 Å². The van der Waals surface area contributed by atoms with E-state index in [-0.39, 0.29) is 5.91 Å². The molecule has 1 unspecified atom stereocenters. The van der Waals surface area contributed by atoms with Gasteiger partial charge in [0.25, 0.3) is 0 Å². The average Bonchev–Trinajstić information content (AvgIpc) is 2.69. The van der Waals surface area contributed by atoms with Gasteiger partial charge in [0.05, 0.1) is 0 Å². The SMILES string of the molecule is CN1CC(c2cccc3c2CCCN3)CC1=O. The van der Waals surface area contributed by atoms with Gasteiger partial charge in [-0.3, -0.25) is 4.79 Å². The molecule has 3 rings (SSSR count). The molecule has 0 radical (unpaired) electrons. The van der Waals surface area contributed by atoms with E-state index in [2.05, 4.69) is 23.5 Å². The van der Waals surface area contributed by atoms with E-state index >= 15 is 0 Å². The Kier molecular flexibility index (Phi) is 2.54. The van der Waals surface area contributed by atoms with Crippen molar-refractivity contribution in [2.75, 3.05) is 25.5 Å². The molecule has 3 heteroatoms. The number of hydrogen-bond donors (Lipinski definition) is 1. The zero-order valence-corrected chi connectivity index (χ0v) is 10.2. The van der Waals surface area contributed by atoms with Crippen molar-refractivity contribution in [2.45, 2.75) is 25.2 Å².